The maximum absolute atomic E-state index is 12.9. The number of halogens is 1. The van der Waals surface area contributed by atoms with Crippen molar-refractivity contribution in [2.24, 2.45) is 4.99 Å². The van der Waals surface area contributed by atoms with Gasteiger partial charge in [-0.2, -0.15) is 4.99 Å². The zero-order valence-corrected chi connectivity index (χ0v) is 18.1. The number of methoxy groups -OCH3 is 1. The number of ether oxygens (including phenoxy) is 2. The van der Waals surface area contributed by atoms with E-state index in [1.165, 1.54) is 18.4 Å². The average Bonchev–Trinajstić information content (AvgIpc) is 3.24. The topological polar surface area (TPSA) is 73.0 Å². The molecule has 8 heteroatoms. The third kappa shape index (κ3) is 4.49. The number of amides is 1. The number of aliphatic hydroxyl groups is 1. The smallest absolute Gasteiger partial charge is 0.283 e. The predicted octanol–water partition coefficient (Wildman–Crippen LogP) is 3.67. The Labute approximate surface area is 173 Å². The molecule has 2 heterocycles. The normalized spacial score (nSPS) is 17.9. The van der Waals surface area contributed by atoms with Crippen LogP contribution < -0.4 is 9.54 Å². The molecule has 1 aromatic heterocycles. The molecule has 1 N–H and O–H groups in total. The number of nitrogens with zero attached hydrogens (tertiary/aromatic N) is 2. The molecule has 1 fully saturated rings. The minimum Gasteiger partial charge on any atom is -0.496 e. The van der Waals surface area contributed by atoms with Gasteiger partial charge in [0.1, 0.15) is 5.75 Å². The van der Waals surface area contributed by atoms with Crippen LogP contribution >= 0.6 is 22.9 Å². The Balaban J connectivity index is 2.08. The Bertz CT molecular complexity index is 937. The quantitative estimate of drug-likeness (QED) is 0.794. The van der Waals surface area contributed by atoms with Gasteiger partial charge in [0.15, 0.2) is 4.80 Å². The van der Waals surface area contributed by atoms with Crippen LogP contribution in [-0.4, -0.2) is 35.4 Å². The van der Waals surface area contributed by atoms with Gasteiger partial charge < -0.3 is 19.1 Å². The number of benzene rings is 1. The molecule has 2 aromatic rings. The van der Waals surface area contributed by atoms with E-state index in [0.717, 1.165) is 30.0 Å². The highest BCUT2D eigenvalue weighted by Gasteiger charge is 2.26. The first-order valence-electron chi connectivity index (χ1n) is 9.18. The summed E-state index contributed by atoms with van der Waals surface area (Å²) in [6.45, 7) is 6.74. The van der Waals surface area contributed by atoms with Crippen molar-refractivity contribution >= 4 is 28.8 Å². The molecule has 1 saturated heterocycles. The molecule has 152 valence electrons. The lowest BCUT2D eigenvalue weighted by Crippen LogP contribution is -2.25. The van der Waals surface area contributed by atoms with Crippen LogP contribution in [0.2, 0.25) is 5.02 Å². The van der Waals surface area contributed by atoms with Crippen molar-refractivity contribution in [1.29, 1.82) is 0 Å². The van der Waals surface area contributed by atoms with E-state index in [2.05, 4.69) is 4.99 Å². The lowest BCUT2D eigenvalue weighted by molar-refractivity contribution is 0.0796. The summed E-state index contributed by atoms with van der Waals surface area (Å²) >= 11 is 7.37. The molecule has 0 unspecified atom stereocenters. The second kappa shape index (κ2) is 8.37. The molecule has 0 spiro atoms. The first-order valence-corrected chi connectivity index (χ1v) is 10.4. The summed E-state index contributed by atoms with van der Waals surface area (Å²) in [5.41, 5.74) is 0.157. The van der Waals surface area contributed by atoms with Crippen LogP contribution in [0.4, 0.5) is 0 Å². The fourth-order valence-electron chi connectivity index (χ4n) is 3.34. The third-order valence-electron chi connectivity index (χ3n) is 4.71. The summed E-state index contributed by atoms with van der Waals surface area (Å²) < 4.78 is 13.0. The van der Waals surface area contributed by atoms with Crippen molar-refractivity contribution in [3.63, 3.8) is 0 Å². The summed E-state index contributed by atoms with van der Waals surface area (Å²) in [7, 11) is 1.50. The van der Waals surface area contributed by atoms with Gasteiger partial charge in [0.05, 0.1) is 35.8 Å². The number of aromatic nitrogens is 1. The van der Waals surface area contributed by atoms with Crippen LogP contribution in [0.25, 0.3) is 0 Å². The number of carbonyl (C=O) groups is 1. The predicted molar refractivity (Wildman–Crippen MR) is 109 cm³/mol. The Kier molecular flexibility index (Phi) is 6.29. The summed E-state index contributed by atoms with van der Waals surface area (Å²) in [6, 6.07) is 4.86. The Morgan fingerprint density at radius 2 is 2.25 bits per heavy atom. The maximum Gasteiger partial charge on any atom is 0.283 e. The maximum atomic E-state index is 12.9. The van der Waals surface area contributed by atoms with Crippen molar-refractivity contribution in [3.8, 4) is 5.75 Å². The molecule has 1 aromatic carbocycles. The van der Waals surface area contributed by atoms with Crippen molar-refractivity contribution < 1.29 is 19.4 Å². The van der Waals surface area contributed by atoms with E-state index in [1.54, 1.807) is 32.0 Å². The molecular formula is C20H25ClN2O4S. The largest absolute Gasteiger partial charge is 0.496 e. The van der Waals surface area contributed by atoms with Crippen LogP contribution in [0.3, 0.4) is 0 Å². The Morgan fingerprint density at radius 1 is 1.50 bits per heavy atom. The number of carbonyl (C=O) groups excluding carboxylic acids is 1. The van der Waals surface area contributed by atoms with E-state index in [0.29, 0.717) is 27.7 Å². The standard InChI is InChI=1S/C20H25ClN2O4S/c1-12-17(20(2,3)25)28-19(23(12)11-14-6-5-9-27-14)22-18(24)15-10-13(21)7-8-16(15)26-4/h7-8,10,14,25H,5-6,9,11H2,1-4H3/t14-/m1/s1. The second-order valence-corrected chi connectivity index (χ2v) is 8.78. The zero-order chi connectivity index (χ0) is 20.5. The highest BCUT2D eigenvalue weighted by molar-refractivity contribution is 7.09. The summed E-state index contributed by atoms with van der Waals surface area (Å²) in [5.74, 6) is -0.0243. The van der Waals surface area contributed by atoms with Crippen LogP contribution in [0, 0.1) is 6.92 Å². The molecule has 1 amide bonds. The average molecular weight is 425 g/mol. The van der Waals surface area contributed by atoms with Gasteiger partial charge in [-0.3, -0.25) is 4.79 Å². The van der Waals surface area contributed by atoms with Crippen molar-refractivity contribution in [3.05, 3.63) is 44.2 Å². The zero-order valence-electron chi connectivity index (χ0n) is 16.5. The minimum absolute atomic E-state index is 0.0812. The van der Waals surface area contributed by atoms with Crippen LogP contribution in [0.5, 0.6) is 5.75 Å². The number of hydrogen-bond acceptors (Lipinski definition) is 5. The van der Waals surface area contributed by atoms with E-state index >= 15 is 0 Å². The molecule has 1 aliphatic heterocycles. The molecule has 0 saturated carbocycles. The summed E-state index contributed by atoms with van der Waals surface area (Å²) in [4.78, 5) is 18.6. The second-order valence-electron chi connectivity index (χ2n) is 7.37. The number of hydrogen-bond donors (Lipinski definition) is 1. The molecule has 28 heavy (non-hydrogen) atoms. The highest BCUT2D eigenvalue weighted by atomic mass is 35.5. The van der Waals surface area contributed by atoms with Crippen molar-refractivity contribution in [2.45, 2.75) is 51.9 Å². The van der Waals surface area contributed by atoms with Gasteiger partial charge >= 0.3 is 0 Å². The SMILES string of the molecule is COc1ccc(Cl)cc1C(=O)N=c1sc(C(C)(C)O)c(C)n1C[C@H]1CCCO1. The monoisotopic (exact) mass is 424 g/mol. The van der Waals surface area contributed by atoms with Crippen LogP contribution in [-0.2, 0) is 16.9 Å². The first kappa shape index (κ1) is 21.0. The van der Waals surface area contributed by atoms with Gasteiger partial charge in [0.2, 0.25) is 0 Å². The van der Waals surface area contributed by atoms with E-state index in [9.17, 15) is 9.90 Å². The van der Waals surface area contributed by atoms with Crippen molar-refractivity contribution in [1.82, 2.24) is 4.57 Å². The molecule has 0 bridgehead atoms. The third-order valence-corrected chi connectivity index (χ3v) is 6.44. The molecule has 0 radical (unpaired) electrons. The summed E-state index contributed by atoms with van der Waals surface area (Å²) in [6.07, 6.45) is 2.07. The van der Waals surface area contributed by atoms with Gasteiger partial charge in [-0.05, 0) is 51.8 Å². The van der Waals surface area contributed by atoms with Crippen LogP contribution in [0.1, 0.15) is 47.6 Å². The van der Waals surface area contributed by atoms with Gasteiger partial charge in [-0.25, -0.2) is 0 Å². The van der Waals surface area contributed by atoms with E-state index in [1.807, 2.05) is 11.5 Å². The van der Waals surface area contributed by atoms with Gasteiger partial charge in [-0.1, -0.05) is 22.9 Å². The Morgan fingerprint density at radius 3 is 2.86 bits per heavy atom. The number of thiazole rings is 1. The first-order chi connectivity index (χ1) is 13.2. The molecule has 0 aliphatic carbocycles. The molecule has 3 rings (SSSR count). The lowest BCUT2D eigenvalue weighted by atomic mass is 10.1. The highest BCUT2D eigenvalue weighted by Crippen LogP contribution is 2.28. The molecule has 6 nitrogen and oxygen atoms in total. The Hall–Kier alpha value is -1.67. The lowest BCUT2D eigenvalue weighted by Gasteiger charge is -2.17. The fourth-order valence-corrected chi connectivity index (χ4v) is 4.65. The van der Waals surface area contributed by atoms with Gasteiger partial charge in [0, 0.05) is 17.3 Å². The van der Waals surface area contributed by atoms with Gasteiger partial charge in [-0.15, -0.1) is 0 Å². The van der Waals surface area contributed by atoms with E-state index < -0.39 is 11.5 Å². The fraction of sp³-hybridized carbons (Fsp3) is 0.500. The minimum atomic E-state index is -1.03. The number of rotatable bonds is 5. The molecule has 1 atom stereocenters. The molecular weight excluding hydrogens is 400 g/mol. The van der Waals surface area contributed by atoms with Gasteiger partial charge in [0.25, 0.3) is 5.91 Å². The van der Waals surface area contributed by atoms with E-state index in [-0.39, 0.29) is 6.10 Å². The molecule has 1 aliphatic rings. The van der Waals surface area contributed by atoms with E-state index in [4.69, 9.17) is 21.1 Å². The summed E-state index contributed by atoms with van der Waals surface area (Å²) in [5, 5.41) is 11.0. The van der Waals surface area contributed by atoms with Crippen molar-refractivity contribution in [2.75, 3.05) is 13.7 Å². The van der Waals surface area contributed by atoms with Crippen LogP contribution in [0.15, 0.2) is 23.2 Å².